The lowest BCUT2D eigenvalue weighted by Crippen LogP contribution is -2.28. The zero-order chi connectivity index (χ0) is 11.8. The zero-order valence-corrected chi connectivity index (χ0v) is 9.85. The van der Waals surface area contributed by atoms with Gasteiger partial charge in [0.05, 0.1) is 5.75 Å². The zero-order valence-electron chi connectivity index (χ0n) is 9.03. The first kappa shape index (κ1) is 11.5. The minimum atomic E-state index is -3.20. The Morgan fingerprint density at radius 2 is 2.25 bits per heavy atom. The summed E-state index contributed by atoms with van der Waals surface area (Å²) in [7, 11) is -3.20. The Morgan fingerprint density at radius 3 is 2.94 bits per heavy atom. The van der Waals surface area contributed by atoms with Crippen LogP contribution in [-0.2, 0) is 16.4 Å². The van der Waals surface area contributed by atoms with Crippen LogP contribution in [0.5, 0.6) is 0 Å². The maximum Gasteiger partial charge on any atom is 0.211 e. The van der Waals surface area contributed by atoms with Gasteiger partial charge in [0.2, 0.25) is 10.0 Å². The summed E-state index contributed by atoms with van der Waals surface area (Å²) in [6.45, 7) is 1.60. The molecule has 1 aliphatic rings. The summed E-state index contributed by atoms with van der Waals surface area (Å²) in [6.07, 6.45) is 1.43. The largest absolute Gasteiger partial charge is 0.212 e. The smallest absolute Gasteiger partial charge is 0.211 e. The van der Waals surface area contributed by atoms with Crippen LogP contribution in [0.3, 0.4) is 0 Å². The summed E-state index contributed by atoms with van der Waals surface area (Å²) in [5.41, 5.74) is 1.81. The second-order valence-corrected chi connectivity index (χ2v) is 6.00. The van der Waals surface area contributed by atoms with Crippen LogP contribution < -0.4 is 4.72 Å². The van der Waals surface area contributed by atoms with Gasteiger partial charge in [0, 0.05) is 6.04 Å². The van der Waals surface area contributed by atoms with Crippen molar-refractivity contribution in [2.75, 3.05) is 5.75 Å². The Bertz CT molecular complexity index is 499. The lowest BCUT2D eigenvalue weighted by atomic mass is 10.1. The molecular weight excluding hydrogens is 229 g/mol. The van der Waals surface area contributed by atoms with E-state index in [1.54, 1.807) is 13.0 Å². The number of rotatable bonds is 3. The second kappa shape index (κ2) is 4.14. The van der Waals surface area contributed by atoms with Crippen LogP contribution in [0.2, 0.25) is 0 Å². The van der Waals surface area contributed by atoms with Gasteiger partial charge < -0.3 is 0 Å². The molecule has 1 aromatic rings. The summed E-state index contributed by atoms with van der Waals surface area (Å²) in [6, 6.07) is 4.33. The predicted molar refractivity (Wildman–Crippen MR) is 60.1 cm³/mol. The number of halogens is 1. The van der Waals surface area contributed by atoms with Crippen molar-refractivity contribution in [3.05, 3.63) is 35.1 Å². The summed E-state index contributed by atoms with van der Waals surface area (Å²) < 4.78 is 38.5. The lowest BCUT2D eigenvalue weighted by Gasteiger charge is -2.13. The first-order valence-corrected chi connectivity index (χ1v) is 6.95. The first-order valence-electron chi connectivity index (χ1n) is 5.30. The Labute approximate surface area is 94.7 Å². The van der Waals surface area contributed by atoms with E-state index in [-0.39, 0.29) is 17.6 Å². The first-order chi connectivity index (χ1) is 7.52. The molecule has 1 atom stereocenters. The topological polar surface area (TPSA) is 46.2 Å². The molecule has 1 aliphatic carbocycles. The molecule has 0 aliphatic heterocycles. The molecule has 0 amide bonds. The number of sulfonamides is 1. The van der Waals surface area contributed by atoms with Crippen molar-refractivity contribution in [1.82, 2.24) is 4.72 Å². The molecule has 3 nitrogen and oxygen atoms in total. The number of aryl methyl sites for hydroxylation is 1. The quantitative estimate of drug-likeness (QED) is 0.879. The van der Waals surface area contributed by atoms with E-state index in [2.05, 4.69) is 4.72 Å². The minimum Gasteiger partial charge on any atom is -0.212 e. The van der Waals surface area contributed by atoms with Gasteiger partial charge in [0.15, 0.2) is 0 Å². The fraction of sp³-hybridized carbons (Fsp3) is 0.455. The summed E-state index contributed by atoms with van der Waals surface area (Å²) in [5, 5.41) is 0. The molecule has 88 valence electrons. The molecule has 0 saturated carbocycles. The molecule has 1 aromatic carbocycles. The number of hydrogen-bond donors (Lipinski definition) is 1. The van der Waals surface area contributed by atoms with Gasteiger partial charge in [-0.3, -0.25) is 0 Å². The van der Waals surface area contributed by atoms with Gasteiger partial charge in [-0.1, -0.05) is 6.07 Å². The maximum atomic E-state index is 13.0. The van der Waals surface area contributed by atoms with E-state index in [0.29, 0.717) is 6.42 Å². The number of nitrogens with one attached hydrogen (secondary N) is 1. The molecule has 0 radical (unpaired) electrons. The van der Waals surface area contributed by atoms with Gasteiger partial charge in [0.1, 0.15) is 5.82 Å². The molecule has 0 saturated heterocycles. The highest BCUT2D eigenvalue weighted by atomic mass is 32.2. The average molecular weight is 243 g/mol. The normalized spacial score (nSPS) is 19.8. The Morgan fingerprint density at radius 1 is 1.50 bits per heavy atom. The summed E-state index contributed by atoms with van der Waals surface area (Å²) in [5.74, 6) is -0.197. The minimum absolute atomic E-state index is 0.0695. The van der Waals surface area contributed by atoms with Crippen LogP contribution in [0.25, 0.3) is 0 Å². The highest BCUT2D eigenvalue weighted by Crippen LogP contribution is 2.31. The third kappa shape index (κ3) is 2.25. The van der Waals surface area contributed by atoms with Crippen molar-refractivity contribution in [2.45, 2.75) is 25.8 Å². The van der Waals surface area contributed by atoms with E-state index in [1.807, 2.05) is 0 Å². The Hall–Kier alpha value is -0.940. The van der Waals surface area contributed by atoms with E-state index in [9.17, 15) is 12.8 Å². The fourth-order valence-electron chi connectivity index (χ4n) is 2.01. The van der Waals surface area contributed by atoms with Gasteiger partial charge >= 0.3 is 0 Å². The van der Waals surface area contributed by atoms with Crippen LogP contribution in [-0.4, -0.2) is 14.2 Å². The molecule has 1 N–H and O–H groups in total. The van der Waals surface area contributed by atoms with Crippen LogP contribution in [0, 0.1) is 5.82 Å². The SMILES string of the molecule is CCS(=O)(=O)NC1CCc2cc(F)ccc21. The van der Waals surface area contributed by atoms with Crippen molar-refractivity contribution in [3.63, 3.8) is 0 Å². The van der Waals surface area contributed by atoms with E-state index in [0.717, 1.165) is 17.5 Å². The highest BCUT2D eigenvalue weighted by Gasteiger charge is 2.25. The van der Waals surface area contributed by atoms with Gasteiger partial charge in [-0.25, -0.2) is 17.5 Å². The molecule has 16 heavy (non-hydrogen) atoms. The van der Waals surface area contributed by atoms with Crippen LogP contribution in [0.4, 0.5) is 4.39 Å². The van der Waals surface area contributed by atoms with Gasteiger partial charge in [-0.2, -0.15) is 0 Å². The van der Waals surface area contributed by atoms with Gasteiger partial charge in [0.25, 0.3) is 0 Å². The number of fused-ring (bicyclic) bond motifs is 1. The van der Waals surface area contributed by atoms with Crippen molar-refractivity contribution < 1.29 is 12.8 Å². The second-order valence-electron chi connectivity index (χ2n) is 3.96. The standard InChI is InChI=1S/C11H14FNO2S/c1-2-16(14,15)13-11-6-3-8-7-9(12)4-5-10(8)11/h4-5,7,11,13H,2-3,6H2,1H3. The molecule has 0 heterocycles. The third-order valence-corrected chi connectivity index (χ3v) is 4.29. The molecule has 2 rings (SSSR count). The van der Waals surface area contributed by atoms with E-state index in [1.165, 1.54) is 12.1 Å². The Kier molecular flexibility index (Phi) is 2.99. The van der Waals surface area contributed by atoms with E-state index in [4.69, 9.17) is 0 Å². The van der Waals surface area contributed by atoms with Crippen LogP contribution in [0.1, 0.15) is 30.5 Å². The van der Waals surface area contributed by atoms with Crippen LogP contribution >= 0.6 is 0 Å². The van der Waals surface area contributed by atoms with Crippen molar-refractivity contribution >= 4 is 10.0 Å². The molecule has 5 heteroatoms. The van der Waals surface area contributed by atoms with Crippen molar-refractivity contribution in [2.24, 2.45) is 0 Å². The van der Waals surface area contributed by atoms with Gasteiger partial charge in [-0.05, 0) is 43.0 Å². The fourth-order valence-corrected chi connectivity index (χ4v) is 2.85. The third-order valence-electron chi connectivity index (χ3n) is 2.88. The van der Waals surface area contributed by atoms with Crippen molar-refractivity contribution in [1.29, 1.82) is 0 Å². The monoisotopic (exact) mass is 243 g/mol. The molecule has 0 bridgehead atoms. The molecular formula is C11H14FNO2S. The van der Waals surface area contributed by atoms with Crippen molar-refractivity contribution in [3.8, 4) is 0 Å². The number of benzene rings is 1. The maximum absolute atomic E-state index is 13.0. The molecule has 0 fully saturated rings. The number of hydrogen-bond acceptors (Lipinski definition) is 2. The average Bonchev–Trinajstić information content (AvgIpc) is 2.60. The van der Waals surface area contributed by atoms with E-state index >= 15 is 0 Å². The van der Waals surface area contributed by atoms with Gasteiger partial charge in [-0.15, -0.1) is 0 Å². The predicted octanol–water partition coefficient (Wildman–Crippen LogP) is 1.75. The molecule has 1 unspecified atom stereocenters. The highest BCUT2D eigenvalue weighted by molar-refractivity contribution is 7.89. The van der Waals surface area contributed by atoms with Crippen LogP contribution in [0.15, 0.2) is 18.2 Å². The van der Waals surface area contributed by atoms with E-state index < -0.39 is 10.0 Å². The molecule has 0 aromatic heterocycles. The summed E-state index contributed by atoms with van der Waals surface area (Å²) >= 11 is 0. The molecule has 0 spiro atoms. The Balaban J connectivity index is 2.24. The lowest BCUT2D eigenvalue weighted by molar-refractivity contribution is 0.555. The summed E-state index contributed by atoms with van der Waals surface area (Å²) in [4.78, 5) is 0.